The molecule has 0 saturated carbocycles. The Bertz CT molecular complexity index is 869. The smallest absolute Gasteiger partial charge is 0.232 e. The van der Waals surface area contributed by atoms with Crippen LogP contribution in [0.4, 0.5) is 0 Å². The first-order valence-corrected chi connectivity index (χ1v) is 8.77. The molecule has 0 fully saturated rings. The third kappa shape index (κ3) is 2.45. The minimum atomic E-state index is -0.720. The topological polar surface area (TPSA) is 43.1 Å². The van der Waals surface area contributed by atoms with E-state index in [4.69, 9.17) is 5.73 Å². The van der Waals surface area contributed by atoms with Crippen LogP contribution in [-0.2, 0) is 16.6 Å². The largest absolute Gasteiger partial charge is 0.369 e. The number of rotatable bonds is 5. The minimum Gasteiger partial charge on any atom is -0.369 e. The highest BCUT2D eigenvalue weighted by Crippen LogP contribution is 2.51. The zero-order valence-corrected chi connectivity index (χ0v) is 14.1. The normalized spacial score (nSPS) is 13.9. The van der Waals surface area contributed by atoms with Gasteiger partial charge in [0.25, 0.3) is 0 Å². The van der Waals surface area contributed by atoms with Crippen molar-refractivity contribution in [2.75, 3.05) is 0 Å². The van der Waals surface area contributed by atoms with Crippen LogP contribution < -0.4 is 5.73 Å². The van der Waals surface area contributed by atoms with E-state index in [0.29, 0.717) is 0 Å². The number of hydrogen-bond donors (Lipinski definition) is 1. The Labute approximate surface area is 148 Å². The van der Waals surface area contributed by atoms with Crippen LogP contribution in [0.15, 0.2) is 78.9 Å². The second-order valence-corrected chi connectivity index (χ2v) is 6.70. The molecule has 3 aromatic rings. The molecule has 4 rings (SSSR count). The highest BCUT2D eigenvalue weighted by atomic mass is 16.1. The van der Waals surface area contributed by atoms with Crippen molar-refractivity contribution in [3.8, 4) is 11.1 Å². The number of amides is 1. The second-order valence-electron chi connectivity index (χ2n) is 6.70. The van der Waals surface area contributed by atoms with Crippen molar-refractivity contribution in [1.29, 1.82) is 0 Å². The molecular weight excluding hydrogens is 306 g/mol. The lowest BCUT2D eigenvalue weighted by molar-refractivity contribution is -0.122. The highest BCUT2D eigenvalue weighted by molar-refractivity contribution is 5.99. The van der Waals surface area contributed by atoms with E-state index in [9.17, 15) is 4.79 Å². The Hall–Kier alpha value is -2.87. The predicted octanol–water partition coefficient (Wildman–Crippen LogP) is 4.46. The molecule has 2 heteroatoms. The van der Waals surface area contributed by atoms with Gasteiger partial charge in [-0.2, -0.15) is 0 Å². The van der Waals surface area contributed by atoms with Gasteiger partial charge in [0, 0.05) is 0 Å². The lowest BCUT2D eigenvalue weighted by Gasteiger charge is -2.28. The fourth-order valence-corrected chi connectivity index (χ4v) is 4.19. The van der Waals surface area contributed by atoms with Crippen LogP contribution in [-0.4, -0.2) is 5.91 Å². The molecule has 2 N–H and O–H groups in total. The van der Waals surface area contributed by atoms with E-state index in [1.807, 2.05) is 30.3 Å². The van der Waals surface area contributed by atoms with Gasteiger partial charge >= 0.3 is 0 Å². The van der Waals surface area contributed by atoms with Gasteiger partial charge in [-0.05, 0) is 47.1 Å². The number of carbonyl (C=O) groups excluding carboxylic acids is 1. The van der Waals surface area contributed by atoms with Crippen molar-refractivity contribution in [2.45, 2.75) is 24.7 Å². The molecule has 124 valence electrons. The SMILES string of the molecule is NC(=O)C1(CCCc2ccccc2)c2ccccc2-c2ccccc21. The summed E-state index contributed by atoms with van der Waals surface area (Å²) < 4.78 is 0. The molecule has 0 saturated heterocycles. The first-order chi connectivity index (χ1) is 12.2. The summed E-state index contributed by atoms with van der Waals surface area (Å²) in [5.41, 5.74) is 11.0. The Morgan fingerprint density at radius 3 is 1.84 bits per heavy atom. The molecule has 0 bridgehead atoms. The number of fused-ring (bicyclic) bond motifs is 3. The summed E-state index contributed by atoms with van der Waals surface area (Å²) in [6.45, 7) is 0. The summed E-state index contributed by atoms with van der Waals surface area (Å²) in [6.07, 6.45) is 2.58. The van der Waals surface area contributed by atoms with E-state index in [1.165, 1.54) is 5.56 Å². The summed E-state index contributed by atoms with van der Waals surface area (Å²) >= 11 is 0. The predicted molar refractivity (Wildman–Crippen MR) is 101 cm³/mol. The Kier molecular flexibility index (Phi) is 3.89. The van der Waals surface area contributed by atoms with Crippen LogP contribution in [0.3, 0.4) is 0 Å². The monoisotopic (exact) mass is 327 g/mol. The maximum atomic E-state index is 12.7. The summed E-state index contributed by atoms with van der Waals surface area (Å²) in [6, 6.07) is 26.8. The molecule has 0 aliphatic heterocycles. The molecule has 0 radical (unpaired) electrons. The second kappa shape index (κ2) is 6.21. The molecule has 0 spiro atoms. The van der Waals surface area contributed by atoms with Crippen LogP contribution >= 0.6 is 0 Å². The first-order valence-electron chi connectivity index (χ1n) is 8.77. The summed E-state index contributed by atoms with van der Waals surface area (Å²) in [5.74, 6) is -0.252. The van der Waals surface area contributed by atoms with Gasteiger partial charge < -0.3 is 5.73 Å². The summed E-state index contributed by atoms with van der Waals surface area (Å²) in [5, 5.41) is 0. The van der Waals surface area contributed by atoms with E-state index in [-0.39, 0.29) is 5.91 Å². The summed E-state index contributed by atoms with van der Waals surface area (Å²) in [4.78, 5) is 12.7. The quantitative estimate of drug-likeness (QED) is 0.738. The van der Waals surface area contributed by atoms with Crippen molar-refractivity contribution in [3.63, 3.8) is 0 Å². The van der Waals surface area contributed by atoms with Gasteiger partial charge in [-0.1, -0.05) is 78.9 Å². The number of nitrogens with two attached hydrogens (primary N) is 1. The van der Waals surface area contributed by atoms with E-state index in [1.54, 1.807) is 0 Å². The molecule has 25 heavy (non-hydrogen) atoms. The third-order valence-corrected chi connectivity index (χ3v) is 5.34. The molecule has 1 aliphatic carbocycles. The van der Waals surface area contributed by atoms with Crippen LogP contribution in [0.5, 0.6) is 0 Å². The van der Waals surface area contributed by atoms with Crippen LogP contribution in [0.2, 0.25) is 0 Å². The van der Waals surface area contributed by atoms with Crippen LogP contribution in [0.25, 0.3) is 11.1 Å². The third-order valence-electron chi connectivity index (χ3n) is 5.34. The van der Waals surface area contributed by atoms with Crippen molar-refractivity contribution < 1.29 is 4.79 Å². The van der Waals surface area contributed by atoms with Crippen molar-refractivity contribution in [3.05, 3.63) is 95.6 Å². The Morgan fingerprint density at radius 2 is 1.28 bits per heavy atom. The fraction of sp³-hybridized carbons (Fsp3) is 0.174. The molecular formula is C23H21NO. The minimum absolute atomic E-state index is 0.252. The molecule has 2 nitrogen and oxygen atoms in total. The lowest BCUT2D eigenvalue weighted by Crippen LogP contribution is -2.40. The number of aryl methyl sites for hydroxylation is 1. The van der Waals surface area contributed by atoms with Crippen LogP contribution in [0, 0.1) is 0 Å². The van der Waals surface area contributed by atoms with Gasteiger partial charge in [0.2, 0.25) is 5.91 Å². The van der Waals surface area contributed by atoms with Gasteiger partial charge in [-0.3, -0.25) is 4.79 Å². The van der Waals surface area contributed by atoms with E-state index < -0.39 is 5.41 Å². The van der Waals surface area contributed by atoms with E-state index in [0.717, 1.165) is 41.5 Å². The highest BCUT2D eigenvalue weighted by Gasteiger charge is 2.47. The molecule has 1 aliphatic rings. The average Bonchev–Trinajstić information content (AvgIpc) is 2.94. The zero-order valence-electron chi connectivity index (χ0n) is 14.1. The molecule has 0 heterocycles. The lowest BCUT2D eigenvalue weighted by atomic mass is 9.73. The Morgan fingerprint density at radius 1 is 0.760 bits per heavy atom. The molecule has 0 atom stereocenters. The molecule has 0 unspecified atom stereocenters. The standard InChI is InChI=1S/C23H21NO/c24-22(25)23(16-8-11-17-9-2-1-3-10-17)20-14-6-4-12-18(20)19-13-5-7-15-21(19)23/h1-7,9-10,12-15H,8,11,16H2,(H2,24,25). The summed E-state index contributed by atoms with van der Waals surface area (Å²) in [7, 11) is 0. The van der Waals surface area contributed by atoms with Gasteiger partial charge in [0.05, 0.1) is 5.41 Å². The maximum Gasteiger partial charge on any atom is 0.232 e. The number of primary amides is 1. The first kappa shape index (κ1) is 15.6. The zero-order chi connectivity index (χ0) is 17.3. The van der Waals surface area contributed by atoms with Gasteiger partial charge in [-0.15, -0.1) is 0 Å². The Balaban J connectivity index is 1.74. The molecule has 3 aromatic carbocycles. The number of hydrogen-bond acceptors (Lipinski definition) is 1. The van der Waals surface area contributed by atoms with E-state index in [2.05, 4.69) is 48.5 Å². The molecule has 0 aromatic heterocycles. The number of carbonyl (C=O) groups is 1. The maximum absolute atomic E-state index is 12.7. The fourth-order valence-electron chi connectivity index (χ4n) is 4.19. The van der Waals surface area contributed by atoms with Crippen LogP contribution in [0.1, 0.15) is 29.5 Å². The van der Waals surface area contributed by atoms with Crippen molar-refractivity contribution in [2.24, 2.45) is 5.73 Å². The van der Waals surface area contributed by atoms with Gasteiger partial charge in [-0.25, -0.2) is 0 Å². The average molecular weight is 327 g/mol. The number of benzene rings is 3. The van der Waals surface area contributed by atoms with Crippen molar-refractivity contribution in [1.82, 2.24) is 0 Å². The van der Waals surface area contributed by atoms with Gasteiger partial charge in [0.15, 0.2) is 0 Å². The van der Waals surface area contributed by atoms with Gasteiger partial charge in [0.1, 0.15) is 0 Å². The van der Waals surface area contributed by atoms with Crippen molar-refractivity contribution >= 4 is 5.91 Å². The molecule has 1 amide bonds. The van der Waals surface area contributed by atoms with E-state index >= 15 is 0 Å².